The van der Waals surface area contributed by atoms with Crippen molar-refractivity contribution >= 4 is 16.6 Å². The molecule has 0 aliphatic carbocycles. The number of hydrogen-bond acceptors (Lipinski definition) is 2. The second-order valence-electron chi connectivity index (χ2n) is 5.91. The SMILES string of the molecule is CC(=O)c1c(C)cc(-c2ccc(C)cc2)c2ccccc2c1=O. The van der Waals surface area contributed by atoms with Crippen LogP contribution in [0.25, 0.3) is 21.9 Å². The summed E-state index contributed by atoms with van der Waals surface area (Å²) in [7, 11) is 0. The van der Waals surface area contributed by atoms with Gasteiger partial charge < -0.3 is 0 Å². The summed E-state index contributed by atoms with van der Waals surface area (Å²) in [5, 5.41) is 1.46. The van der Waals surface area contributed by atoms with Crippen LogP contribution in [-0.2, 0) is 0 Å². The summed E-state index contributed by atoms with van der Waals surface area (Å²) >= 11 is 0. The molecule has 0 aliphatic heterocycles. The first-order valence-corrected chi connectivity index (χ1v) is 7.63. The average Bonchev–Trinajstić information content (AvgIpc) is 2.63. The van der Waals surface area contributed by atoms with Crippen molar-refractivity contribution in [2.75, 3.05) is 0 Å². The minimum Gasteiger partial charge on any atom is -0.294 e. The number of fused-ring (bicyclic) bond motifs is 1. The molecule has 2 nitrogen and oxygen atoms in total. The molecule has 0 bridgehead atoms. The fourth-order valence-electron chi connectivity index (χ4n) is 3.01. The largest absolute Gasteiger partial charge is 0.294 e. The van der Waals surface area contributed by atoms with Crippen LogP contribution in [0.5, 0.6) is 0 Å². The van der Waals surface area contributed by atoms with Crippen LogP contribution in [0.4, 0.5) is 0 Å². The number of rotatable bonds is 2. The number of benzene rings is 2. The van der Waals surface area contributed by atoms with Gasteiger partial charge in [-0.25, -0.2) is 0 Å². The van der Waals surface area contributed by atoms with E-state index in [2.05, 4.69) is 24.3 Å². The highest BCUT2D eigenvalue weighted by Crippen LogP contribution is 2.28. The van der Waals surface area contributed by atoms with E-state index in [9.17, 15) is 9.59 Å². The summed E-state index contributed by atoms with van der Waals surface area (Å²) in [6, 6.07) is 17.6. The molecule has 0 radical (unpaired) electrons. The third-order valence-electron chi connectivity index (χ3n) is 4.16. The van der Waals surface area contributed by atoms with E-state index >= 15 is 0 Å². The standard InChI is InChI=1S/C21H18O2/c1-13-8-10-16(11-9-13)19-12-14(2)20(15(3)22)21(23)18-7-5-4-6-17(18)19/h4-12H,1-3H3. The summed E-state index contributed by atoms with van der Waals surface area (Å²) in [6.45, 7) is 5.32. The number of ketones is 1. The van der Waals surface area contributed by atoms with Crippen LogP contribution in [0.15, 0.2) is 59.4 Å². The van der Waals surface area contributed by atoms with Gasteiger partial charge in [0, 0.05) is 5.39 Å². The fourth-order valence-corrected chi connectivity index (χ4v) is 3.01. The zero-order valence-corrected chi connectivity index (χ0v) is 13.5. The van der Waals surface area contributed by atoms with Gasteiger partial charge in [-0.15, -0.1) is 0 Å². The zero-order chi connectivity index (χ0) is 16.6. The molecule has 2 heteroatoms. The molecule has 0 saturated carbocycles. The molecule has 0 N–H and O–H groups in total. The maximum atomic E-state index is 12.8. The molecule has 114 valence electrons. The van der Waals surface area contributed by atoms with E-state index in [1.807, 2.05) is 38.1 Å². The molecule has 0 spiro atoms. The predicted octanol–water partition coefficient (Wildman–Crippen LogP) is 4.69. The second kappa shape index (κ2) is 5.81. The Morgan fingerprint density at radius 1 is 0.870 bits per heavy atom. The lowest BCUT2D eigenvalue weighted by Crippen LogP contribution is -2.12. The minimum absolute atomic E-state index is 0.191. The molecule has 0 atom stereocenters. The zero-order valence-electron chi connectivity index (χ0n) is 13.5. The van der Waals surface area contributed by atoms with Crippen LogP contribution in [0.2, 0.25) is 0 Å². The van der Waals surface area contributed by atoms with E-state index in [1.54, 1.807) is 6.07 Å². The van der Waals surface area contributed by atoms with Gasteiger partial charge >= 0.3 is 0 Å². The van der Waals surface area contributed by atoms with Crippen LogP contribution in [0.1, 0.15) is 28.4 Å². The molecule has 0 unspecified atom stereocenters. The Labute approximate surface area is 135 Å². The maximum absolute atomic E-state index is 12.8. The lowest BCUT2D eigenvalue weighted by atomic mass is 10.00. The molecule has 3 aromatic carbocycles. The van der Waals surface area contributed by atoms with Gasteiger partial charge in [0.25, 0.3) is 0 Å². The second-order valence-corrected chi connectivity index (χ2v) is 5.91. The van der Waals surface area contributed by atoms with Crippen LogP contribution < -0.4 is 5.43 Å². The van der Waals surface area contributed by atoms with Crippen molar-refractivity contribution in [2.45, 2.75) is 20.8 Å². The average molecular weight is 302 g/mol. The minimum atomic E-state index is -0.191. The van der Waals surface area contributed by atoms with Crippen LogP contribution in [0, 0.1) is 13.8 Å². The Morgan fingerprint density at radius 3 is 2.09 bits per heavy atom. The van der Waals surface area contributed by atoms with E-state index in [-0.39, 0.29) is 16.8 Å². The number of Topliss-reactive ketones (excluding diaryl/α,β-unsaturated/α-hetero) is 1. The molecule has 0 amide bonds. The van der Waals surface area contributed by atoms with Gasteiger partial charge in [0.2, 0.25) is 0 Å². The number of hydrogen-bond donors (Lipinski definition) is 0. The summed E-state index contributed by atoms with van der Waals surface area (Å²) in [5.41, 5.74) is 4.00. The summed E-state index contributed by atoms with van der Waals surface area (Å²) < 4.78 is 0. The maximum Gasteiger partial charge on any atom is 0.197 e. The predicted molar refractivity (Wildman–Crippen MR) is 95.1 cm³/mol. The monoisotopic (exact) mass is 302 g/mol. The molecule has 0 fully saturated rings. The smallest absolute Gasteiger partial charge is 0.197 e. The highest BCUT2D eigenvalue weighted by Gasteiger charge is 2.14. The van der Waals surface area contributed by atoms with Crippen molar-refractivity contribution in [1.29, 1.82) is 0 Å². The summed E-state index contributed by atoms with van der Waals surface area (Å²) in [4.78, 5) is 24.8. The van der Waals surface area contributed by atoms with E-state index in [4.69, 9.17) is 0 Å². The fraction of sp³-hybridized carbons (Fsp3) is 0.143. The summed E-state index contributed by atoms with van der Waals surface area (Å²) in [6.07, 6.45) is 0. The molecular formula is C21H18O2. The van der Waals surface area contributed by atoms with Gasteiger partial charge in [-0.3, -0.25) is 9.59 Å². The number of carbonyl (C=O) groups is 1. The Kier molecular flexibility index (Phi) is 3.83. The van der Waals surface area contributed by atoms with E-state index < -0.39 is 0 Å². The van der Waals surface area contributed by atoms with Crippen molar-refractivity contribution in [3.63, 3.8) is 0 Å². The Morgan fingerprint density at radius 2 is 1.48 bits per heavy atom. The van der Waals surface area contributed by atoms with Crippen LogP contribution in [-0.4, -0.2) is 5.78 Å². The van der Waals surface area contributed by atoms with Gasteiger partial charge in [0.1, 0.15) is 0 Å². The first kappa shape index (κ1) is 15.2. The molecule has 0 heterocycles. The molecule has 0 aliphatic rings. The van der Waals surface area contributed by atoms with Crippen molar-refractivity contribution < 1.29 is 4.79 Å². The highest BCUT2D eigenvalue weighted by atomic mass is 16.1. The number of aryl methyl sites for hydroxylation is 2. The van der Waals surface area contributed by atoms with Gasteiger partial charge in [-0.05, 0) is 48.9 Å². The lowest BCUT2D eigenvalue weighted by molar-refractivity contribution is 0.101. The van der Waals surface area contributed by atoms with Crippen molar-refractivity contribution in [3.8, 4) is 11.1 Å². The van der Waals surface area contributed by atoms with Gasteiger partial charge in [0.15, 0.2) is 11.2 Å². The number of carbonyl (C=O) groups excluding carboxylic acids is 1. The lowest BCUT2D eigenvalue weighted by Gasteiger charge is -2.04. The van der Waals surface area contributed by atoms with E-state index in [0.717, 1.165) is 16.5 Å². The first-order valence-electron chi connectivity index (χ1n) is 7.63. The topological polar surface area (TPSA) is 34.1 Å². The van der Waals surface area contributed by atoms with Crippen molar-refractivity contribution in [1.82, 2.24) is 0 Å². The molecule has 0 saturated heterocycles. The molecular weight excluding hydrogens is 284 g/mol. The summed E-state index contributed by atoms with van der Waals surface area (Å²) in [5.74, 6) is -0.191. The van der Waals surface area contributed by atoms with Crippen molar-refractivity contribution in [2.24, 2.45) is 0 Å². The highest BCUT2D eigenvalue weighted by molar-refractivity contribution is 6.02. The van der Waals surface area contributed by atoms with Crippen molar-refractivity contribution in [3.05, 3.63) is 81.5 Å². The van der Waals surface area contributed by atoms with E-state index in [0.29, 0.717) is 10.9 Å². The van der Waals surface area contributed by atoms with Gasteiger partial charge in [-0.2, -0.15) is 0 Å². The molecule has 0 aromatic heterocycles. The first-order chi connectivity index (χ1) is 11.0. The Hall–Kier alpha value is -2.74. The normalized spacial score (nSPS) is 10.7. The van der Waals surface area contributed by atoms with Gasteiger partial charge in [-0.1, -0.05) is 54.1 Å². The molecule has 23 heavy (non-hydrogen) atoms. The Balaban J connectivity index is 2.51. The Bertz CT molecular complexity index is 967. The van der Waals surface area contributed by atoms with Gasteiger partial charge in [0.05, 0.1) is 5.56 Å². The molecule has 3 aromatic rings. The quantitative estimate of drug-likeness (QED) is 0.644. The third-order valence-corrected chi connectivity index (χ3v) is 4.16. The van der Waals surface area contributed by atoms with Crippen LogP contribution >= 0.6 is 0 Å². The van der Waals surface area contributed by atoms with E-state index in [1.165, 1.54) is 12.5 Å². The molecule has 3 rings (SSSR count). The van der Waals surface area contributed by atoms with Crippen LogP contribution in [0.3, 0.4) is 0 Å². The third kappa shape index (κ3) is 2.68.